The number of fused-ring (bicyclic) bond motifs is 2. The van der Waals surface area contributed by atoms with Crippen molar-refractivity contribution in [3.8, 4) is 0 Å². The molecule has 3 aromatic rings. The van der Waals surface area contributed by atoms with Crippen LogP contribution in [0.4, 0.5) is 4.39 Å². The molecule has 1 aromatic carbocycles. The van der Waals surface area contributed by atoms with E-state index in [9.17, 15) is 9.59 Å². The van der Waals surface area contributed by atoms with Crippen LogP contribution in [0.25, 0.3) is 5.65 Å². The first kappa shape index (κ1) is 19.4. The minimum atomic E-state index is -1.84. The Bertz CT molecular complexity index is 1280. The van der Waals surface area contributed by atoms with E-state index in [0.29, 0.717) is 17.9 Å². The number of hydrogen-bond acceptors (Lipinski definition) is 4. The number of primary amides is 1. The predicted molar refractivity (Wildman–Crippen MR) is 115 cm³/mol. The summed E-state index contributed by atoms with van der Waals surface area (Å²) in [5.74, 6) is -1.36. The Morgan fingerprint density at radius 3 is 2.72 bits per heavy atom. The molecule has 3 aliphatic rings. The first-order chi connectivity index (χ1) is 15.4. The van der Waals surface area contributed by atoms with Crippen LogP contribution in [0.5, 0.6) is 0 Å². The topological polar surface area (TPSA) is 93.6 Å². The Balaban J connectivity index is 1.38. The third kappa shape index (κ3) is 2.85. The fourth-order valence-corrected chi connectivity index (χ4v) is 5.02. The molecule has 3 atom stereocenters. The highest BCUT2D eigenvalue weighted by molar-refractivity contribution is 5.93. The number of aromatic nitrogens is 3. The lowest BCUT2D eigenvalue weighted by Crippen LogP contribution is -2.39. The van der Waals surface area contributed by atoms with Gasteiger partial charge in [-0.3, -0.25) is 9.59 Å². The standard InChI is InChI=1S/C24H24FN5O2/c1-13-16-5-3-2-4-14(16)8-9-29(13)23(32)18-10-19(15-6-7-15)30-21(27-18)11-20(28-30)24(25)12-17(24)22(26)31/h2-5,10-11,13,15,17H,6-9,12H2,1H3,(H2,26,31)/t13-,17?,24?/m1/s1. The Morgan fingerprint density at radius 1 is 1.22 bits per heavy atom. The summed E-state index contributed by atoms with van der Waals surface area (Å²) in [4.78, 5) is 31.4. The van der Waals surface area contributed by atoms with Crippen molar-refractivity contribution in [2.45, 2.75) is 50.2 Å². The van der Waals surface area contributed by atoms with Crippen molar-refractivity contribution in [2.24, 2.45) is 11.7 Å². The van der Waals surface area contributed by atoms with E-state index in [1.807, 2.05) is 24.0 Å². The zero-order valence-corrected chi connectivity index (χ0v) is 17.8. The first-order valence-corrected chi connectivity index (χ1v) is 11.1. The van der Waals surface area contributed by atoms with Gasteiger partial charge in [-0.05, 0) is 43.4 Å². The number of alkyl halides is 1. The van der Waals surface area contributed by atoms with E-state index < -0.39 is 17.5 Å². The minimum Gasteiger partial charge on any atom is -0.369 e. The molecule has 2 aliphatic carbocycles. The number of rotatable bonds is 4. The fraction of sp³-hybridized carbons (Fsp3) is 0.417. The average molecular weight is 433 g/mol. The average Bonchev–Trinajstić information content (AvgIpc) is 3.70. The van der Waals surface area contributed by atoms with Crippen molar-refractivity contribution in [1.29, 1.82) is 0 Å². The molecule has 32 heavy (non-hydrogen) atoms. The molecule has 1 aliphatic heterocycles. The summed E-state index contributed by atoms with van der Waals surface area (Å²) >= 11 is 0. The Kier molecular flexibility index (Phi) is 4.00. The van der Waals surface area contributed by atoms with E-state index in [-0.39, 0.29) is 30.0 Å². The van der Waals surface area contributed by atoms with Gasteiger partial charge in [-0.25, -0.2) is 13.9 Å². The van der Waals surface area contributed by atoms with Gasteiger partial charge < -0.3 is 10.6 Å². The highest BCUT2D eigenvalue weighted by atomic mass is 19.1. The molecule has 6 rings (SSSR count). The van der Waals surface area contributed by atoms with Gasteiger partial charge in [-0.2, -0.15) is 5.10 Å². The number of amides is 2. The fourth-order valence-electron chi connectivity index (χ4n) is 5.02. The molecular weight excluding hydrogens is 409 g/mol. The van der Waals surface area contributed by atoms with Gasteiger partial charge in [-0.15, -0.1) is 0 Å². The largest absolute Gasteiger partial charge is 0.369 e. The summed E-state index contributed by atoms with van der Waals surface area (Å²) < 4.78 is 16.8. The summed E-state index contributed by atoms with van der Waals surface area (Å²) in [7, 11) is 0. The van der Waals surface area contributed by atoms with E-state index in [4.69, 9.17) is 5.73 Å². The summed E-state index contributed by atoms with van der Waals surface area (Å²) in [6.45, 7) is 2.66. The van der Waals surface area contributed by atoms with Crippen LogP contribution in [-0.2, 0) is 16.9 Å². The predicted octanol–water partition coefficient (Wildman–Crippen LogP) is 3.04. The number of carbonyl (C=O) groups excluding carboxylic acids is 2. The van der Waals surface area contributed by atoms with Gasteiger partial charge in [0.2, 0.25) is 5.91 Å². The molecular formula is C24H24FN5O2. The molecule has 0 saturated heterocycles. The molecule has 2 fully saturated rings. The lowest BCUT2D eigenvalue weighted by molar-refractivity contribution is -0.120. The molecule has 164 valence electrons. The number of carbonyl (C=O) groups is 2. The minimum absolute atomic E-state index is 0.0431. The molecule has 0 radical (unpaired) electrons. The van der Waals surface area contributed by atoms with Gasteiger partial charge in [0.25, 0.3) is 5.91 Å². The van der Waals surface area contributed by atoms with Gasteiger partial charge >= 0.3 is 0 Å². The van der Waals surface area contributed by atoms with Crippen molar-refractivity contribution in [2.75, 3.05) is 6.54 Å². The Morgan fingerprint density at radius 2 is 2.00 bits per heavy atom. The number of hydrogen-bond donors (Lipinski definition) is 1. The lowest BCUT2D eigenvalue weighted by atomic mass is 9.93. The van der Waals surface area contributed by atoms with Crippen LogP contribution in [0.2, 0.25) is 0 Å². The highest BCUT2D eigenvalue weighted by Gasteiger charge is 2.62. The van der Waals surface area contributed by atoms with Gasteiger partial charge in [-0.1, -0.05) is 24.3 Å². The van der Waals surface area contributed by atoms with Crippen molar-refractivity contribution >= 4 is 17.5 Å². The maximum atomic E-state index is 15.2. The molecule has 8 heteroatoms. The summed E-state index contributed by atoms with van der Waals surface area (Å²) in [5, 5.41) is 4.44. The zero-order valence-electron chi connectivity index (χ0n) is 17.8. The molecule has 0 spiro atoms. The maximum absolute atomic E-state index is 15.2. The quantitative estimate of drug-likeness (QED) is 0.684. The molecule has 2 N–H and O–H groups in total. The van der Waals surface area contributed by atoms with Gasteiger partial charge in [0.05, 0.1) is 12.0 Å². The first-order valence-electron chi connectivity index (χ1n) is 11.1. The number of nitrogens with zero attached hydrogens (tertiary/aromatic N) is 4. The summed E-state index contributed by atoms with van der Waals surface area (Å²) in [5.41, 5.74) is 7.73. The molecule has 2 saturated carbocycles. The van der Waals surface area contributed by atoms with Crippen molar-refractivity contribution in [1.82, 2.24) is 19.5 Å². The van der Waals surface area contributed by atoms with Crippen molar-refractivity contribution in [3.63, 3.8) is 0 Å². The molecule has 7 nitrogen and oxygen atoms in total. The van der Waals surface area contributed by atoms with Crippen LogP contribution in [0.1, 0.15) is 71.1 Å². The SMILES string of the molecule is C[C@@H]1c2ccccc2CCN1C(=O)c1cc(C2CC2)n2nc(C3(F)CC3C(N)=O)cc2n1. The second-order valence-corrected chi connectivity index (χ2v) is 9.28. The van der Waals surface area contributed by atoms with E-state index in [1.165, 1.54) is 5.56 Å². The van der Waals surface area contributed by atoms with E-state index in [0.717, 1.165) is 30.5 Å². The normalized spacial score (nSPS) is 26.8. The highest BCUT2D eigenvalue weighted by Crippen LogP contribution is 2.55. The summed E-state index contributed by atoms with van der Waals surface area (Å²) in [6.07, 6.45) is 2.85. The van der Waals surface area contributed by atoms with Crippen LogP contribution < -0.4 is 5.73 Å². The van der Waals surface area contributed by atoms with Gasteiger partial charge in [0, 0.05) is 30.6 Å². The third-order valence-corrected chi connectivity index (χ3v) is 7.19. The molecule has 2 amide bonds. The smallest absolute Gasteiger partial charge is 0.273 e. The third-order valence-electron chi connectivity index (χ3n) is 7.19. The zero-order chi connectivity index (χ0) is 22.2. The van der Waals surface area contributed by atoms with E-state index in [2.05, 4.69) is 22.2 Å². The van der Waals surface area contributed by atoms with Crippen LogP contribution >= 0.6 is 0 Å². The second-order valence-electron chi connectivity index (χ2n) is 9.28. The molecule has 2 aromatic heterocycles. The second kappa shape index (κ2) is 6.60. The van der Waals surface area contributed by atoms with Gasteiger partial charge in [0.15, 0.2) is 11.3 Å². The van der Waals surface area contributed by atoms with Gasteiger partial charge in [0.1, 0.15) is 11.4 Å². The monoisotopic (exact) mass is 433 g/mol. The molecule has 3 heterocycles. The maximum Gasteiger partial charge on any atom is 0.273 e. The number of benzene rings is 1. The Hall–Kier alpha value is -3.29. The number of halogens is 1. The van der Waals surface area contributed by atoms with Crippen LogP contribution in [-0.4, -0.2) is 37.9 Å². The molecule has 2 unspecified atom stereocenters. The van der Waals surface area contributed by atoms with Crippen LogP contribution in [0.15, 0.2) is 36.4 Å². The Labute approximate surface area is 184 Å². The van der Waals surface area contributed by atoms with Crippen molar-refractivity contribution in [3.05, 3.63) is 64.6 Å². The van der Waals surface area contributed by atoms with Crippen LogP contribution in [0.3, 0.4) is 0 Å². The van der Waals surface area contributed by atoms with Crippen molar-refractivity contribution < 1.29 is 14.0 Å². The summed E-state index contributed by atoms with van der Waals surface area (Å²) in [6, 6.07) is 11.5. The van der Waals surface area contributed by atoms with E-state index in [1.54, 1.807) is 16.6 Å². The molecule has 0 bridgehead atoms. The van der Waals surface area contributed by atoms with E-state index >= 15 is 4.39 Å². The lowest BCUT2D eigenvalue weighted by Gasteiger charge is -2.35. The van der Waals surface area contributed by atoms with Crippen LogP contribution in [0, 0.1) is 5.92 Å². The number of nitrogens with two attached hydrogens (primary N) is 1.